The van der Waals surface area contributed by atoms with Crippen LogP contribution in [0.15, 0.2) is 30.7 Å². The van der Waals surface area contributed by atoms with Gasteiger partial charge >= 0.3 is 0 Å². The van der Waals surface area contributed by atoms with Gasteiger partial charge in [0.2, 0.25) is 5.91 Å². The molecule has 0 radical (unpaired) electrons. The highest BCUT2D eigenvalue weighted by Gasteiger charge is 2.47. The van der Waals surface area contributed by atoms with E-state index in [0.29, 0.717) is 39.8 Å². The number of nitrogens with zero attached hydrogens (tertiary/aromatic N) is 4. The first-order valence-electron chi connectivity index (χ1n) is 11.1. The van der Waals surface area contributed by atoms with Crippen molar-refractivity contribution in [3.63, 3.8) is 0 Å². The van der Waals surface area contributed by atoms with Crippen LogP contribution in [0.2, 0.25) is 5.02 Å². The van der Waals surface area contributed by atoms with E-state index in [2.05, 4.69) is 20.2 Å². The number of aromatic nitrogens is 3. The number of pyridine rings is 2. The largest absolute Gasteiger partial charge is 0.376 e. The number of carbonyl (C=O) groups excluding carboxylic acids is 1. The number of imidazole rings is 1. The van der Waals surface area contributed by atoms with Crippen LogP contribution in [0.25, 0.3) is 16.8 Å². The SMILES string of the molecule is CNc1nccc(-c2c(C(N)=O)cc(N3CCC4(CC3)COC(C)[C@H]4N)n3ccnc23)c1Cl. The Kier molecular flexibility index (Phi) is 5.43. The smallest absolute Gasteiger partial charge is 0.249 e. The number of carbonyl (C=O) groups is 1. The van der Waals surface area contributed by atoms with Crippen LogP contribution in [0.4, 0.5) is 11.6 Å². The van der Waals surface area contributed by atoms with Crippen LogP contribution >= 0.6 is 11.6 Å². The van der Waals surface area contributed by atoms with Crippen LogP contribution in [-0.2, 0) is 4.74 Å². The molecule has 2 atom stereocenters. The molecule has 2 saturated heterocycles. The highest BCUT2D eigenvalue weighted by Crippen LogP contribution is 2.43. The van der Waals surface area contributed by atoms with E-state index in [1.807, 2.05) is 23.6 Å². The normalized spacial score (nSPS) is 22.2. The summed E-state index contributed by atoms with van der Waals surface area (Å²) in [5.41, 5.74) is 14.6. The van der Waals surface area contributed by atoms with E-state index in [4.69, 9.17) is 27.8 Å². The Hall–Kier alpha value is -2.88. The minimum absolute atomic E-state index is 0.00451. The molecule has 1 spiro atoms. The molecule has 0 aromatic carbocycles. The summed E-state index contributed by atoms with van der Waals surface area (Å²) in [4.78, 5) is 23.7. The Morgan fingerprint density at radius 3 is 2.70 bits per heavy atom. The quantitative estimate of drug-likeness (QED) is 0.536. The van der Waals surface area contributed by atoms with Gasteiger partial charge in [-0.15, -0.1) is 0 Å². The molecule has 3 aromatic rings. The van der Waals surface area contributed by atoms with Crippen LogP contribution in [-0.4, -0.2) is 59.2 Å². The topological polar surface area (TPSA) is 124 Å². The van der Waals surface area contributed by atoms with Crippen molar-refractivity contribution in [3.05, 3.63) is 41.3 Å². The third kappa shape index (κ3) is 3.42. The number of piperidine rings is 1. The van der Waals surface area contributed by atoms with Crippen molar-refractivity contribution in [2.45, 2.75) is 31.9 Å². The van der Waals surface area contributed by atoms with Gasteiger partial charge in [0, 0.05) is 61.3 Å². The minimum Gasteiger partial charge on any atom is -0.376 e. The Balaban J connectivity index is 1.59. The molecule has 33 heavy (non-hydrogen) atoms. The summed E-state index contributed by atoms with van der Waals surface area (Å²) in [6.45, 7) is 4.34. The molecule has 174 valence electrons. The lowest BCUT2D eigenvalue weighted by atomic mass is 9.73. The maximum absolute atomic E-state index is 12.6. The highest BCUT2D eigenvalue weighted by atomic mass is 35.5. The number of rotatable bonds is 4. The molecular weight excluding hydrogens is 442 g/mol. The predicted molar refractivity (Wildman–Crippen MR) is 129 cm³/mol. The molecule has 2 aliphatic heterocycles. The average Bonchev–Trinajstić information content (AvgIpc) is 3.41. The van der Waals surface area contributed by atoms with Crippen molar-refractivity contribution in [1.82, 2.24) is 14.4 Å². The fraction of sp³-hybridized carbons (Fsp3) is 0.435. The van der Waals surface area contributed by atoms with Crippen LogP contribution in [0, 0.1) is 5.41 Å². The fourth-order valence-corrected chi connectivity index (χ4v) is 5.53. The molecule has 0 saturated carbocycles. The predicted octanol–water partition coefficient (Wildman–Crippen LogP) is 2.52. The number of primary amides is 1. The molecule has 5 N–H and O–H groups in total. The number of hydrogen-bond donors (Lipinski definition) is 3. The monoisotopic (exact) mass is 469 g/mol. The first kappa shape index (κ1) is 21.9. The molecule has 5 heterocycles. The van der Waals surface area contributed by atoms with Gasteiger partial charge in [-0.2, -0.15) is 0 Å². The second-order valence-electron chi connectivity index (χ2n) is 8.94. The molecule has 1 unspecified atom stereocenters. The maximum Gasteiger partial charge on any atom is 0.249 e. The summed E-state index contributed by atoms with van der Waals surface area (Å²) in [5.74, 6) is 0.850. The minimum atomic E-state index is -0.538. The second kappa shape index (κ2) is 8.16. The van der Waals surface area contributed by atoms with Gasteiger partial charge in [0.1, 0.15) is 17.3 Å². The van der Waals surface area contributed by atoms with E-state index in [9.17, 15) is 4.79 Å². The number of halogens is 1. The first-order valence-corrected chi connectivity index (χ1v) is 11.5. The first-order chi connectivity index (χ1) is 15.9. The highest BCUT2D eigenvalue weighted by molar-refractivity contribution is 6.36. The van der Waals surface area contributed by atoms with E-state index in [1.165, 1.54) is 0 Å². The van der Waals surface area contributed by atoms with Gasteiger partial charge in [-0.05, 0) is 31.9 Å². The maximum atomic E-state index is 12.6. The summed E-state index contributed by atoms with van der Waals surface area (Å²) in [5, 5.41) is 3.38. The Morgan fingerprint density at radius 2 is 2.06 bits per heavy atom. The van der Waals surface area contributed by atoms with E-state index < -0.39 is 5.91 Å². The van der Waals surface area contributed by atoms with E-state index in [0.717, 1.165) is 31.7 Å². The number of nitrogens with one attached hydrogen (secondary N) is 1. The molecule has 5 rings (SSSR count). The van der Waals surface area contributed by atoms with E-state index in [-0.39, 0.29) is 17.6 Å². The summed E-state index contributed by atoms with van der Waals surface area (Å²) in [7, 11) is 1.74. The van der Waals surface area contributed by atoms with Crippen LogP contribution in [0.3, 0.4) is 0 Å². The van der Waals surface area contributed by atoms with Crippen molar-refractivity contribution < 1.29 is 9.53 Å². The van der Waals surface area contributed by atoms with Crippen LogP contribution in [0.5, 0.6) is 0 Å². The van der Waals surface area contributed by atoms with Gasteiger partial charge in [-0.1, -0.05) is 11.6 Å². The van der Waals surface area contributed by atoms with Gasteiger partial charge in [0.25, 0.3) is 0 Å². The molecular formula is C23H28ClN7O2. The number of fused-ring (bicyclic) bond motifs is 1. The average molecular weight is 470 g/mol. The van der Waals surface area contributed by atoms with Gasteiger partial charge in [-0.25, -0.2) is 9.97 Å². The van der Waals surface area contributed by atoms with Gasteiger partial charge < -0.3 is 26.4 Å². The number of amides is 1. The summed E-state index contributed by atoms with van der Waals surface area (Å²) in [6, 6.07) is 3.65. The van der Waals surface area contributed by atoms with E-state index >= 15 is 0 Å². The van der Waals surface area contributed by atoms with Crippen molar-refractivity contribution in [3.8, 4) is 11.1 Å². The molecule has 1 amide bonds. The lowest BCUT2D eigenvalue weighted by Gasteiger charge is -2.42. The molecule has 0 aliphatic carbocycles. The van der Waals surface area contributed by atoms with Crippen molar-refractivity contribution in [1.29, 1.82) is 0 Å². The number of ether oxygens (including phenoxy) is 1. The van der Waals surface area contributed by atoms with Gasteiger partial charge in [-0.3, -0.25) is 9.20 Å². The third-order valence-electron chi connectivity index (χ3n) is 7.24. The van der Waals surface area contributed by atoms with Crippen molar-refractivity contribution in [2.75, 3.05) is 37.0 Å². The van der Waals surface area contributed by atoms with Crippen LogP contribution < -0.4 is 21.7 Å². The summed E-state index contributed by atoms with van der Waals surface area (Å²) >= 11 is 6.62. The number of nitrogens with two attached hydrogens (primary N) is 2. The molecule has 2 fully saturated rings. The lowest BCUT2D eigenvalue weighted by molar-refractivity contribution is 0.0974. The zero-order chi connectivity index (χ0) is 23.3. The molecule has 9 nitrogen and oxygen atoms in total. The summed E-state index contributed by atoms with van der Waals surface area (Å²) < 4.78 is 7.85. The molecule has 2 aliphatic rings. The zero-order valence-electron chi connectivity index (χ0n) is 18.7. The second-order valence-corrected chi connectivity index (χ2v) is 9.32. The fourth-order valence-electron chi connectivity index (χ4n) is 5.23. The van der Waals surface area contributed by atoms with Crippen molar-refractivity contribution >= 4 is 34.8 Å². The van der Waals surface area contributed by atoms with Crippen molar-refractivity contribution in [2.24, 2.45) is 16.9 Å². The zero-order valence-corrected chi connectivity index (χ0v) is 19.5. The molecule has 0 bridgehead atoms. The Labute approximate surface area is 197 Å². The van der Waals surface area contributed by atoms with E-state index in [1.54, 1.807) is 25.5 Å². The third-order valence-corrected chi connectivity index (χ3v) is 7.63. The van der Waals surface area contributed by atoms with Crippen LogP contribution in [0.1, 0.15) is 30.1 Å². The summed E-state index contributed by atoms with van der Waals surface area (Å²) in [6.07, 6.45) is 7.17. The van der Waals surface area contributed by atoms with Gasteiger partial charge in [0.05, 0.1) is 23.3 Å². The number of hydrogen-bond acceptors (Lipinski definition) is 7. The molecule has 3 aromatic heterocycles. The molecule has 10 heteroatoms. The lowest BCUT2D eigenvalue weighted by Crippen LogP contribution is -2.51. The standard InChI is InChI=1S/C23H28ClN7O2/c1-13-19(25)23(12-33-13)4-8-30(9-5-23)16-11-15(20(26)32)17(22-29-7-10-31(16)22)14-3-6-28-21(27-2)18(14)24/h3,6-7,10-11,13,19H,4-5,8-9,12,25H2,1-2H3,(H2,26,32)(H,27,28)/t13?,19-/m1/s1. The Morgan fingerprint density at radius 1 is 1.30 bits per heavy atom. The number of anilines is 2. The Bertz CT molecular complexity index is 1220. The van der Waals surface area contributed by atoms with Gasteiger partial charge in [0.15, 0.2) is 0 Å².